The molecule has 1 aromatic heterocycles. The van der Waals surface area contributed by atoms with Crippen LogP contribution in [0.2, 0.25) is 0 Å². The second kappa shape index (κ2) is 19.2. The van der Waals surface area contributed by atoms with Crippen molar-refractivity contribution >= 4 is 5.97 Å². The number of nitrogens with zero attached hydrogens (tertiary/aromatic N) is 3. The van der Waals surface area contributed by atoms with Crippen molar-refractivity contribution in [3.05, 3.63) is 78.4 Å². The lowest BCUT2D eigenvalue weighted by molar-refractivity contribution is 0.0375. The first-order valence-corrected chi connectivity index (χ1v) is 18.5. The molecule has 0 saturated heterocycles. The zero-order valence-electron chi connectivity index (χ0n) is 31.2. The van der Waals surface area contributed by atoms with E-state index in [0.717, 1.165) is 36.3 Å². The molecule has 0 bridgehead atoms. The number of methoxy groups -OCH3 is 1. The van der Waals surface area contributed by atoms with E-state index in [-0.39, 0.29) is 11.7 Å². The van der Waals surface area contributed by atoms with E-state index in [0.29, 0.717) is 64.6 Å². The van der Waals surface area contributed by atoms with E-state index in [1.54, 1.807) is 31.4 Å². The van der Waals surface area contributed by atoms with Crippen LogP contribution in [0.1, 0.15) is 103 Å². The summed E-state index contributed by atoms with van der Waals surface area (Å²) in [6.07, 6.45) is 9.65. The minimum Gasteiger partial charge on any atom is -0.507 e. The Bertz CT molecular complexity index is 1620. The van der Waals surface area contributed by atoms with Crippen LogP contribution in [0.15, 0.2) is 72.8 Å². The third-order valence-electron chi connectivity index (χ3n) is 9.67. The first kappa shape index (κ1) is 38.5. The van der Waals surface area contributed by atoms with Crippen molar-refractivity contribution in [3.8, 4) is 45.7 Å². The quantitative estimate of drug-likeness (QED) is 0.0985. The largest absolute Gasteiger partial charge is 0.507 e. The lowest BCUT2D eigenvalue weighted by Gasteiger charge is -2.25. The van der Waals surface area contributed by atoms with Crippen LogP contribution in [0.4, 0.5) is 0 Å². The fraction of sp³-hybridized carbons (Fsp3) is 0.488. The fourth-order valence-corrected chi connectivity index (χ4v) is 6.32. The molecule has 3 atom stereocenters. The second-order valence-corrected chi connectivity index (χ2v) is 14.8. The van der Waals surface area contributed by atoms with E-state index in [2.05, 4.69) is 41.5 Å². The van der Waals surface area contributed by atoms with Crippen LogP contribution in [0.25, 0.3) is 34.2 Å². The van der Waals surface area contributed by atoms with E-state index in [9.17, 15) is 9.90 Å². The van der Waals surface area contributed by atoms with Gasteiger partial charge in [-0.05, 0) is 60.3 Å². The molecule has 0 spiro atoms. The highest BCUT2D eigenvalue weighted by molar-refractivity contribution is 5.90. The van der Waals surface area contributed by atoms with Crippen LogP contribution in [-0.2, 0) is 4.74 Å². The van der Waals surface area contributed by atoms with E-state index in [4.69, 9.17) is 24.4 Å². The first-order chi connectivity index (χ1) is 24.0. The number of esters is 1. The highest BCUT2D eigenvalue weighted by Crippen LogP contribution is 2.33. The summed E-state index contributed by atoms with van der Waals surface area (Å²) in [4.78, 5) is 27.5. The molecule has 3 aromatic carbocycles. The lowest BCUT2D eigenvalue weighted by atomic mass is 9.83. The topological polar surface area (TPSA) is 94.4 Å². The smallest absolute Gasteiger partial charge is 0.338 e. The van der Waals surface area contributed by atoms with Gasteiger partial charge in [0.1, 0.15) is 11.5 Å². The van der Waals surface area contributed by atoms with Crippen molar-refractivity contribution in [2.24, 2.45) is 29.6 Å². The number of ether oxygens (including phenoxy) is 2. The standard InChI is InChI=1S/C43H57N3O4/c1-29(2)13-11-15-31(5)19-20-36(32(6)16-12-14-30(3)4)28-50-43(48)35-23-21-34(22-24-35)41-44-40(33-17-9-8-10-18-33)45-42(46-41)38-26-25-37(49-7)27-39(38)47/h8-10,17-18,21-27,29-32,36,47H,11-16,19-20,28H2,1-7H3. The molecule has 4 rings (SSSR count). The summed E-state index contributed by atoms with van der Waals surface area (Å²) in [5.41, 5.74) is 2.50. The number of benzene rings is 3. The predicted molar refractivity (Wildman–Crippen MR) is 203 cm³/mol. The molecule has 0 aliphatic rings. The van der Waals surface area contributed by atoms with Gasteiger partial charge >= 0.3 is 5.97 Å². The Labute approximate surface area is 299 Å². The number of rotatable bonds is 19. The molecule has 3 unspecified atom stereocenters. The number of hydrogen-bond donors (Lipinski definition) is 1. The van der Waals surface area contributed by atoms with Gasteiger partial charge < -0.3 is 14.6 Å². The number of phenols is 1. The van der Waals surface area contributed by atoms with Gasteiger partial charge in [0.05, 0.1) is 24.8 Å². The number of aromatic hydroxyl groups is 1. The average molecular weight is 680 g/mol. The molecule has 0 aliphatic heterocycles. The van der Waals surface area contributed by atoms with Crippen LogP contribution < -0.4 is 4.74 Å². The SMILES string of the molecule is COc1ccc(-c2nc(-c3ccccc3)nc(-c3ccc(C(=O)OCC(CCC(C)CCCC(C)C)C(C)CCCC(C)C)cc3)n2)c(O)c1. The summed E-state index contributed by atoms with van der Waals surface area (Å²) < 4.78 is 11.3. The van der Waals surface area contributed by atoms with Gasteiger partial charge in [0.2, 0.25) is 0 Å². The van der Waals surface area contributed by atoms with E-state index in [1.807, 2.05) is 42.5 Å². The van der Waals surface area contributed by atoms with Crippen molar-refractivity contribution in [3.63, 3.8) is 0 Å². The summed E-state index contributed by atoms with van der Waals surface area (Å²) in [6.45, 7) is 14.3. The van der Waals surface area contributed by atoms with E-state index < -0.39 is 0 Å². The fourth-order valence-electron chi connectivity index (χ4n) is 6.32. The van der Waals surface area contributed by atoms with Crippen LogP contribution in [0.3, 0.4) is 0 Å². The van der Waals surface area contributed by atoms with Gasteiger partial charge in [-0.3, -0.25) is 0 Å². The Morgan fingerprint density at radius 1 is 0.680 bits per heavy atom. The van der Waals surface area contributed by atoms with Crippen LogP contribution in [0, 0.1) is 29.6 Å². The van der Waals surface area contributed by atoms with Gasteiger partial charge in [-0.2, -0.15) is 0 Å². The Balaban J connectivity index is 1.49. The number of aromatic nitrogens is 3. The maximum absolute atomic E-state index is 13.3. The van der Waals surface area contributed by atoms with Gasteiger partial charge in [-0.15, -0.1) is 0 Å². The number of phenolic OH excluding ortho intramolecular Hbond substituents is 1. The first-order valence-electron chi connectivity index (χ1n) is 18.5. The third-order valence-corrected chi connectivity index (χ3v) is 9.67. The van der Waals surface area contributed by atoms with Gasteiger partial charge in [0, 0.05) is 17.2 Å². The lowest BCUT2D eigenvalue weighted by Crippen LogP contribution is -2.21. The van der Waals surface area contributed by atoms with Crippen molar-refractivity contribution in [2.75, 3.05) is 13.7 Å². The normalized spacial score (nSPS) is 13.3. The molecule has 268 valence electrons. The molecule has 0 amide bonds. The van der Waals surface area contributed by atoms with Crippen molar-refractivity contribution in [2.45, 2.75) is 92.9 Å². The van der Waals surface area contributed by atoms with Crippen molar-refractivity contribution in [1.29, 1.82) is 0 Å². The average Bonchev–Trinajstić information content (AvgIpc) is 3.11. The maximum Gasteiger partial charge on any atom is 0.338 e. The molecular formula is C43H57N3O4. The molecule has 7 heteroatoms. The summed E-state index contributed by atoms with van der Waals surface area (Å²) in [5.74, 6) is 4.43. The molecule has 1 heterocycles. The maximum atomic E-state index is 13.3. The predicted octanol–water partition coefficient (Wildman–Crippen LogP) is 11.1. The Morgan fingerprint density at radius 3 is 1.88 bits per heavy atom. The summed E-state index contributed by atoms with van der Waals surface area (Å²) >= 11 is 0. The zero-order chi connectivity index (χ0) is 36.0. The van der Waals surface area contributed by atoms with Gasteiger partial charge in [0.25, 0.3) is 0 Å². The van der Waals surface area contributed by atoms with Gasteiger partial charge in [-0.25, -0.2) is 19.7 Å². The molecule has 4 aromatic rings. The minimum atomic E-state index is -0.314. The van der Waals surface area contributed by atoms with E-state index >= 15 is 0 Å². The molecule has 1 N–H and O–H groups in total. The summed E-state index contributed by atoms with van der Waals surface area (Å²) in [6, 6.07) is 21.9. The number of carbonyl (C=O) groups is 1. The molecule has 0 fully saturated rings. The molecule has 0 saturated carbocycles. The molecular weight excluding hydrogens is 622 g/mol. The van der Waals surface area contributed by atoms with Crippen LogP contribution >= 0.6 is 0 Å². The van der Waals surface area contributed by atoms with Crippen molar-refractivity contribution < 1.29 is 19.4 Å². The second-order valence-electron chi connectivity index (χ2n) is 14.8. The Hall–Kier alpha value is -4.26. The van der Waals surface area contributed by atoms with Gasteiger partial charge in [0.15, 0.2) is 17.5 Å². The van der Waals surface area contributed by atoms with Crippen LogP contribution in [-0.4, -0.2) is 39.7 Å². The van der Waals surface area contributed by atoms with Crippen LogP contribution in [0.5, 0.6) is 11.5 Å². The minimum absolute atomic E-state index is 0.00623. The summed E-state index contributed by atoms with van der Waals surface area (Å²) in [5, 5.41) is 10.8. The number of hydrogen-bond acceptors (Lipinski definition) is 7. The Kier molecular flexibility index (Phi) is 14.8. The molecule has 50 heavy (non-hydrogen) atoms. The van der Waals surface area contributed by atoms with E-state index in [1.165, 1.54) is 38.2 Å². The summed E-state index contributed by atoms with van der Waals surface area (Å²) in [7, 11) is 1.55. The third kappa shape index (κ3) is 11.7. The molecule has 0 radical (unpaired) electrons. The molecule has 7 nitrogen and oxygen atoms in total. The van der Waals surface area contributed by atoms with Crippen molar-refractivity contribution in [1.82, 2.24) is 15.0 Å². The monoisotopic (exact) mass is 679 g/mol. The number of carbonyl (C=O) groups excluding carboxylic acids is 1. The highest BCUT2D eigenvalue weighted by atomic mass is 16.5. The Morgan fingerprint density at radius 2 is 1.28 bits per heavy atom. The van der Waals surface area contributed by atoms with Gasteiger partial charge in [-0.1, -0.05) is 129 Å². The highest BCUT2D eigenvalue weighted by Gasteiger charge is 2.22. The molecule has 0 aliphatic carbocycles. The zero-order valence-corrected chi connectivity index (χ0v) is 31.2.